The zero-order valence-electron chi connectivity index (χ0n) is 14.5. The van der Waals surface area contributed by atoms with Crippen molar-refractivity contribution in [2.75, 3.05) is 40.5 Å². The third-order valence-electron chi connectivity index (χ3n) is 4.20. The Morgan fingerprint density at radius 1 is 1.30 bits per heavy atom. The van der Waals surface area contributed by atoms with Gasteiger partial charge < -0.3 is 20.1 Å². The van der Waals surface area contributed by atoms with Crippen LogP contribution in [0.4, 0.5) is 0 Å². The summed E-state index contributed by atoms with van der Waals surface area (Å²) in [4.78, 5) is 4.25. The predicted octanol–water partition coefficient (Wildman–Crippen LogP) is 2.27. The maximum atomic E-state index is 6.06. The second-order valence-electron chi connectivity index (χ2n) is 5.98. The molecule has 2 rings (SSSR count). The molecular formula is C18H29N3O2. The first-order valence-electron chi connectivity index (χ1n) is 8.36. The number of hydrogen-bond donors (Lipinski definition) is 2. The predicted molar refractivity (Wildman–Crippen MR) is 93.8 cm³/mol. The molecule has 1 aromatic carbocycles. The second-order valence-corrected chi connectivity index (χ2v) is 5.98. The average molecular weight is 319 g/mol. The van der Waals surface area contributed by atoms with E-state index in [1.165, 1.54) is 17.5 Å². The molecule has 0 saturated carbocycles. The largest absolute Gasteiger partial charge is 0.383 e. The van der Waals surface area contributed by atoms with Crippen molar-refractivity contribution in [3.63, 3.8) is 0 Å². The van der Waals surface area contributed by atoms with Gasteiger partial charge in [-0.2, -0.15) is 0 Å². The van der Waals surface area contributed by atoms with E-state index in [1.807, 2.05) is 0 Å². The molecule has 0 aliphatic carbocycles. The smallest absolute Gasteiger partial charge is 0.191 e. The topological polar surface area (TPSA) is 54.9 Å². The van der Waals surface area contributed by atoms with E-state index in [4.69, 9.17) is 9.47 Å². The van der Waals surface area contributed by atoms with Gasteiger partial charge in [-0.15, -0.1) is 0 Å². The molecule has 5 nitrogen and oxygen atoms in total. The molecule has 0 aromatic heterocycles. The highest BCUT2D eigenvalue weighted by atomic mass is 16.5. The number of ether oxygens (including phenoxy) is 2. The van der Waals surface area contributed by atoms with Crippen molar-refractivity contribution in [1.29, 1.82) is 0 Å². The minimum absolute atomic E-state index is 0.161. The molecule has 2 unspecified atom stereocenters. The minimum Gasteiger partial charge on any atom is -0.383 e. The first kappa shape index (κ1) is 17.8. The molecule has 0 amide bonds. The quantitative estimate of drug-likeness (QED) is 0.480. The van der Waals surface area contributed by atoms with Gasteiger partial charge in [-0.1, -0.05) is 29.8 Å². The number of guanidine groups is 1. The molecule has 5 heteroatoms. The van der Waals surface area contributed by atoms with Gasteiger partial charge in [0.1, 0.15) is 0 Å². The fourth-order valence-electron chi connectivity index (χ4n) is 2.90. The molecule has 1 saturated heterocycles. The Kier molecular flexibility index (Phi) is 7.36. The van der Waals surface area contributed by atoms with E-state index in [1.54, 1.807) is 14.2 Å². The molecular weight excluding hydrogens is 290 g/mol. The van der Waals surface area contributed by atoms with Crippen LogP contribution in [0.2, 0.25) is 0 Å². The van der Waals surface area contributed by atoms with Crippen molar-refractivity contribution in [3.05, 3.63) is 35.4 Å². The van der Waals surface area contributed by atoms with Crippen molar-refractivity contribution in [3.8, 4) is 0 Å². The van der Waals surface area contributed by atoms with Gasteiger partial charge in [0.25, 0.3) is 0 Å². The normalized spacial score (nSPS) is 22.0. The maximum Gasteiger partial charge on any atom is 0.191 e. The maximum absolute atomic E-state index is 6.06. The van der Waals surface area contributed by atoms with Crippen molar-refractivity contribution in [1.82, 2.24) is 10.6 Å². The summed E-state index contributed by atoms with van der Waals surface area (Å²) in [6.07, 6.45) is 2.44. The number of aryl methyl sites for hydroxylation is 1. The van der Waals surface area contributed by atoms with Gasteiger partial charge in [-0.05, 0) is 25.3 Å². The standard InChI is InChI=1S/C18H29N3O2/c1-14-6-8-15(9-7-14)17-16(5-4-11-23-17)13-21-18(19-2)20-10-12-22-3/h6-9,16-17H,4-5,10-13H2,1-3H3,(H2,19,20,21). The zero-order chi connectivity index (χ0) is 16.5. The van der Waals surface area contributed by atoms with Crippen LogP contribution in [0.25, 0.3) is 0 Å². The first-order chi connectivity index (χ1) is 11.2. The van der Waals surface area contributed by atoms with Crippen molar-refractivity contribution in [2.45, 2.75) is 25.9 Å². The second kappa shape index (κ2) is 9.53. The molecule has 1 fully saturated rings. The molecule has 1 heterocycles. The fourth-order valence-corrected chi connectivity index (χ4v) is 2.90. The molecule has 1 aliphatic heterocycles. The van der Waals surface area contributed by atoms with Crippen LogP contribution in [-0.4, -0.2) is 46.4 Å². The summed E-state index contributed by atoms with van der Waals surface area (Å²) in [5.41, 5.74) is 2.55. The van der Waals surface area contributed by atoms with Crippen LogP contribution in [0.1, 0.15) is 30.1 Å². The molecule has 1 aromatic rings. The summed E-state index contributed by atoms with van der Waals surface area (Å²) in [6, 6.07) is 8.68. The number of nitrogens with one attached hydrogen (secondary N) is 2. The number of nitrogens with zero attached hydrogens (tertiary/aromatic N) is 1. The average Bonchev–Trinajstić information content (AvgIpc) is 2.59. The lowest BCUT2D eigenvalue weighted by atomic mass is 9.89. The highest BCUT2D eigenvalue weighted by Gasteiger charge is 2.27. The Bertz CT molecular complexity index is 488. The van der Waals surface area contributed by atoms with Crippen molar-refractivity contribution < 1.29 is 9.47 Å². The number of benzene rings is 1. The molecule has 1 aliphatic rings. The van der Waals surface area contributed by atoms with Crippen LogP contribution in [0.3, 0.4) is 0 Å². The van der Waals surface area contributed by atoms with Crippen LogP contribution < -0.4 is 10.6 Å². The van der Waals surface area contributed by atoms with Gasteiger partial charge in [-0.25, -0.2) is 0 Å². The number of hydrogen-bond acceptors (Lipinski definition) is 3. The summed E-state index contributed by atoms with van der Waals surface area (Å²) in [6.45, 7) is 5.22. The van der Waals surface area contributed by atoms with Gasteiger partial charge in [0.2, 0.25) is 0 Å². The Morgan fingerprint density at radius 2 is 2.09 bits per heavy atom. The molecule has 0 spiro atoms. The highest BCUT2D eigenvalue weighted by molar-refractivity contribution is 5.79. The highest BCUT2D eigenvalue weighted by Crippen LogP contribution is 2.33. The minimum atomic E-state index is 0.161. The fraction of sp³-hybridized carbons (Fsp3) is 0.611. The Labute approximate surface area is 139 Å². The Morgan fingerprint density at radius 3 is 2.78 bits per heavy atom. The van der Waals surface area contributed by atoms with Gasteiger partial charge >= 0.3 is 0 Å². The summed E-state index contributed by atoms with van der Waals surface area (Å²) in [5, 5.41) is 6.66. The molecule has 23 heavy (non-hydrogen) atoms. The SMILES string of the molecule is CN=C(NCCOC)NCC1CCCOC1c1ccc(C)cc1. The van der Waals surface area contributed by atoms with E-state index in [2.05, 4.69) is 46.8 Å². The lowest BCUT2D eigenvalue weighted by Crippen LogP contribution is -2.42. The van der Waals surface area contributed by atoms with E-state index in [9.17, 15) is 0 Å². The van der Waals surface area contributed by atoms with Crippen LogP contribution in [-0.2, 0) is 9.47 Å². The third kappa shape index (κ3) is 5.52. The van der Waals surface area contributed by atoms with E-state index in [0.29, 0.717) is 12.5 Å². The lowest BCUT2D eigenvalue weighted by Gasteiger charge is -2.32. The monoisotopic (exact) mass is 319 g/mol. The summed E-state index contributed by atoms with van der Waals surface area (Å²) >= 11 is 0. The van der Waals surface area contributed by atoms with Crippen molar-refractivity contribution in [2.24, 2.45) is 10.9 Å². The number of methoxy groups -OCH3 is 1. The number of rotatable bonds is 6. The van der Waals surface area contributed by atoms with Gasteiger partial charge in [0, 0.05) is 39.8 Å². The lowest BCUT2D eigenvalue weighted by molar-refractivity contribution is -0.0265. The summed E-state index contributed by atoms with van der Waals surface area (Å²) in [5.74, 6) is 1.27. The summed E-state index contributed by atoms with van der Waals surface area (Å²) < 4.78 is 11.1. The first-order valence-corrected chi connectivity index (χ1v) is 8.36. The molecule has 0 radical (unpaired) electrons. The van der Waals surface area contributed by atoms with E-state index in [0.717, 1.165) is 32.1 Å². The van der Waals surface area contributed by atoms with Crippen LogP contribution in [0.15, 0.2) is 29.3 Å². The molecule has 2 N–H and O–H groups in total. The number of aliphatic imine (C=N–C) groups is 1. The molecule has 2 atom stereocenters. The van der Waals surface area contributed by atoms with Crippen LogP contribution in [0.5, 0.6) is 0 Å². The Balaban J connectivity index is 1.92. The van der Waals surface area contributed by atoms with Gasteiger partial charge in [0.05, 0.1) is 12.7 Å². The Hall–Kier alpha value is -1.59. The third-order valence-corrected chi connectivity index (χ3v) is 4.20. The molecule has 128 valence electrons. The van der Waals surface area contributed by atoms with Crippen LogP contribution in [0, 0.1) is 12.8 Å². The van der Waals surface area contributed by atoms with E-state index < -0.39 is 0 Å². The van der Waals surface area contributed by atoms with E-state index >= 15 is 0 Å². The van der Waals surface area contributed by atoms with Crippen LogP contribution >= 0.6 is 0 Å². The van der Waals surface area contributed by atoms with Gasteiger partial charge in [-0.3, -0.25) is 4.99 Å². The zero-order valence-corrected chi connectivity index (χ0v) is 14.5. The summed E-state index contributed by atoms with van der Waals surface area (Å²) in [7, 11) is 3.49. The van der Waals surface area contributed by atoms with Gasteiger partial charge in [0.15, 0.2) is 5.96 Å². The molecule has 0 bridgehead atoms. The van der Waals surface area contributed by atoms with E-state index in [-0.39, 0.29) is 6.10 Å². The van der Waals surface area contributed by atoms with Crippen molar-refractivity contribution >= 4 is 5.96 Å².